The maximum absolute atomic E-state index is 12.2. The Morgan fingerprint density at radius 3 is 2.73 bits per heavy atom. The minimum Gasteiger partial charge on any atom is -0.376 e. The van der Waals surface area contributed by atoms with E-state index in [1.165, 1.54) is 24.8 Å². The van der Waals surface area contributed by atoms with Gasteiger partial charge in [-0.05, 0) is 31.7 Å². The first-order valence-corrected chi connectivity index (χ1v) is 11.7. The zero-order valence-electron chi connectivity index (χ0n) is 18.4. The highest BCUT2D eigenvalue weighted by molar-refractivity contribution is 5.81. The van der Waals surface area contributed by atoms with Gasteiger partial charge in [0, 0.05) is 38.0 Å². The fraction of sp³-hybridized carbons (Fsp3) is 0.667. The zero-order chi connectivity index (χ0) is 21.0. The van der Waals surface area contributed by atoms with E-state index < -0.39 is 0 Å². The summed E-state index contributed by atoms with van der Waals surface area (Å²) in [6.07, 6.45) is 7.59. The van der Waals surface area contributed by atoms with Gasteiger partial charge in [-0.25, -0.2) is 0 Å². The van der Waals surface area contributed by atoms with E-state index in [-0.39, 0.29) is 5.91 Å². The van der Waals surface area contributed by atoms with Crippen LogP contribution in [0.1, 0.15) is 57.4 Å². The Morgan fingerprint density at radius 2 is 1.97 bits per heavy atom. The predicted octanol–water partition coefficient (Wildman–Crippen LogP) is 3.33. The Hall–Kier alpha value is -2.08. The largest absolute Gasteiger partial charge is 0.376 e. The third-order valence-corrected chi connectivity index (χ3v) is 5.96. The lowest BCUT2D eigenvalue weighted by Crippen LogP contribution is -2.40. The number of benzene rings is 1. The van der Waals surface area contributed by atoms with Gasteiger partial charge in [0.1, 0.15) is 0 Å². The second-order valence-corrected chi connectivity index (χ2v) is 8.49. The summed E-state index contributed by atoms with van der Waals surface area (Å²) in [6.45, 7) is 6.83. The van der Waals surface area contributed by atoms with Crippen LogP contribution < -0.4 is 10.6 Å². The van der Waals surface area contributed by atoms with Crippen LogP contribution in [0.2, 0.25) is 0 Å². The van der Waals surface area contributed by atoms with Gasteiger partial charge in [-0.3, -0.25) is 9.79 Å². The highest BCUT2D eigenvalue weighted by atomic mass is 16.5. The minimum atomic E-state index is 0.134. The molecule has 0 radical (unpaired) electrons. The van der Waals surface area contributed by atoms with Crippen LogP contribution in [0.3, 0.4) is 0 Å². The van der Waals surface area contributed by atoms with Gasteiger partial charge in [0.25, 0.3) is 0 Å². The van der Waals surface area contributed by atoms with Gasteiger partial charge < -0.3 is 20.3 Å². The Morgan fingerprint density at radius 1 is 1.17 bits per heavy atom. The van der Waals surface area contributed by atoms with Gasteiger partial charge >= 0.3 is 0 Å². The number of aliphatic imine (C=N–C) groups is 1. The second-order valence-electron chi connectivity index (χ2n) is 8.49. The van der Waals surface area contributed by atoms with Crippen molar-refractivity contribution >= 4 is 11.9 Å². The average Bonchev–Trinajstić information content (AvgIpc) is 3.23. The van der Waals surface area contributed by atoms with Crippen molar-refractivity contribution in [3.05, 3.63) is 35.9 Å². The van der Waals surface area contributed by atoms with Crippen molar-refractivity contribution < 1.29 is 9.53 Å². The molecule has 0 bridgehead atoms. The molecule has 6 heteroatoms. The van der Waals surface area contributed by atoms with E-state index in [0.717, 1.165) is 51.5 Å². The van der Waals surface area contributed by atoms with Crippen LogP contribution in [0, 0.1) is 5.92 Å². The first-order valence-electron chi connectivity index (χ1n) is 11.7. The van der Waals surface area contributed by atoms with E-state index >= 15 is 0 Å². The molecule has 30 heavy (non-hydrogen) atoms. The molecule has 0 aromatic heterocycles. The number of guanidine groups is 1. The first kappa shape index (κ1) is 22.6. The average molecular weight is 415 g/mol. The summed E-state index contributed by atoms with van der Waals surface area (Å²) < 4.78 is 5.94. The van der Waals surface area contributed by atoms with Crippen molar-refractivity contribution in [2.45, 2.75) is 64.5 Å². The molecule has 1 atom stereocenters. The van der Waals surface area contributed by atoms with Crippen molar-refractivity contribution in [2.75, 3.05) is 32.8 Å². The fourth-order valence-corrected chi connectivity index (χ4v) is 4.31. The number of likely N-dealkylation sites (tertiary alicyclic amines) is 1. The van der Waals surface area contributed by atoms with Crippen LogP contribution in [0.4, 0.5) is 0 Å². The molecule has 1 saturated heterocycles. The zero-order valence-corrected chi connectivity index (χ0v) is 18.4. The molecule has 1 amide bonds. The summed E-state index contributed by atoms with van der Waals surface area (Å²) in [5, 5.41) is 6.56. The van der Waals surface area contributed by atoms with E-state index in [9.17, 15) is 4.79 Å². The highest BCUT2D eigenvalue weighted by Crippen LogP contribution is 2.18. The number of nitrogens with zero attached hydrogens (tertiary/aromatic N) is 2. The Kier molecular flexibility index (Phi) is 9.48. The van der Waals surface area contributed by atoms with E-state index in [1.54, 1.807) is 0 Å². The van der Waals surface area contributed by atoms with Crippen LogP contribution in [-0.2, 0) is 16.1 Å². The van der Waals surface area contributed by atoms with E-state index in [4.69, 9.17) is 9.73 Å². The number of nitrogens with one attached hydrogen (secondary N) is 2. The lowest BCUT2D eigenvalue weighted by atomic mass is 9.95. The molecule has 1 aromatic carbocycles. The monoisotopic (exact) mass is 414 g/mol. The van der Waals surface area contributed by atoms with Crippen LogP contribution in [0.25, 0.3) is 0 Å². The quantitative estimate of drug-likeness (QED) is 0.481. The number of carbonyl (C=O) groups excluding carboxylic acids is 1. The van der Waals surface area contributed by atoms with Crippen molar-refractivity contribution in [3.63, 3.8) is 0 Å². The van der Waals surface area contributed by atoms with Crippen molar-refractivity contribution in [3.8, 4) is 0 Å². The van der Waals surface area contributed by atoms with E-state index in [1.807, 2.05) is 18.2 Å². The fourth-order valence-electron chi connectivity index (χ4n) is 4.31. The van der Waals surface area contributed by atoms with Gasteiger partial charge in [0.05, 0.1) is 19.8 Å². The summed E-state index contributed by atoms with van der Waals surface area (Å²) >= 11 is 0. The molecular weight excluding hydrogens is 376 g/mol. The Bertz CT molecular complexity index is 658. The number of carbonyl (C=O) groups is 1. The normalized spacial score (nSPS) is 20.4. The van der Waals surface area contributed by atoms with Crippen LogP contribution in [-0.4, -0.2) is 55.6 Å². The number of rotatable bonds is 9. The molecule has 2 aliphatic rings. The Labute approximate surface area is 181 Å². The molecule has 3 rings (SSSR count). The van der Waals surface area contributed by atoms with Gasteiger partial charge in [0.15, 0.2) is 5.96 Å². The van der Waals surface area contributed by atoms with Gasteiger partial charge in [-0.1, -0.05) is 49.6 Å². The number of amides is 1. The molecule has 1 saturated carbocycles. The van der Waals surface area contributed by atoms with Crippen molar-refractivity contribution in [2.24, 2.45) is 10.9 Å². The van der Waals surface area contributed by atoms with Gasteiger partial charge in [0.2, 0.25) is 5.91 Å². The number of hydrogen-bond donors (Lipinski definition) is 2. The lowest BCUT2D eigenvalue weighted by molar-refractivity contribution is -0.121. The summed E-state index contributed by atoms with van der Waals surface area (Å²) in [4.78, 5) is 19.3. The summed E-state index contributed by atoms with van der Waals surface area (Å²) in [5.41, 5.74) is 1.22. The molecule has 2 fully saturated rings. The van der Waals surface area contributed by atoms with Gasteiger partial charge in [-0.2, -0.15) is 0 Å². The third kappa shape index (κ3) is 7.63. The maximum atomic E-state index is 12.2. The summed E-state index contributed by atoms with van der Waals surface area (Å²) in [5.74, 6) is 1.58. The number of ether oxygens (including phenoxy) is 1. The minimum absolute atomic E-state index is 0.134. The maximum Gasteiger partial charge on any atom is 0.222 e. The molecule has 1 unspecified atom stereocenters. The predicted molar refractivity (Wildman–Crippen MR) is 121 cm³/mol. The third-order valence-electron chi connectivity index (χ3n) is 5.96. The molecule has 2 N–H and O–H groups in total. The highest BCUT2D eigenvalue weighted by Gasteiger charge is 2.25. The topological polar surface area (TPSA) is 66.0 Å². The van der Waals surface area contributed by atoms with Crippen LogP contribution in [0.5, 0.6) is 0 Å². The second kappa shape index (κ2) is 12.6. The van der Waals surface area contributed by atoms with E-state index in [2.05, 4.69) is 34.6 Å². The van der Waals surface area contributed by atoms with E-state index in [0.29, 0.717) is 31.5 Å². The van der Waals surface area contributed by atoms with Crippen LogP contribution in [0.15, 0.2) is 35.3 Å². The molecule has 1 aromatic rings. The molecular formula is C24H38N4O2. The molecule has 1 aliphatic carbocycles. The van der Waals surface area contributed by atoms with Crippen molar-refractivity contribution in [1.29, 1.82) is 0 Å². The van der Waals surface area contributed by atoms with Crippen molar-refractivity contribution in [1.82, 2.24) is 15.5 Å². The lowest BCUT2D eigenvalue weighted by Gasteiger charge is -2.23. The van der Waals surface area contributed by atoms with Gasteiger partial charge in [-0.15, -0.1) is 0 Å². The Balaban J connectivity index is 1.38. The molecule has 166 valence electrons. The molecule has 6 nitrogen and oxygen atoms in total. The standard InChI is InChI=1S/C24H38N4O2/c1-2-25-24(26-15-13-23(29)27-22-11-7-4-8-12-22)28-16-14-21(17-28)19-30-18-20-9-5-3-6-10-20/h3,5-6,9-10,21-22H,2,4,7-8,11-19H2,1H3,(H,25,26)(H,27,29). The first-order chi connectivity index (χ1) is 14.7. The SMILES string of the molecule is CCNC(=NCCC(=O)NC1CCCCC1)N1CCC(COCc2ccccc2)C1. The molecule has 1 aliphatic heterocycles. The summed E-state index contributed by atoms with van der Waals surface area (Å²) in [7, 11) is 0. The molecule has 0 spiro atoms. The number of hydrogen-bond acceptors (Lipinski definition) is 3. The summed E-state index contributed by atoms with van der Waals surface area (Å²) in [6, 6.07) is 10.7. The smallest absolute Gasteiger partial charge is 0.222 e. The molecule has 1 heterocycles. The van der Waals surface area contributed by atoms with Crippen LogP contribution >= 0.6 is 0 Å².